The average Bonchev–Trinajstić information content (AvgIpc) is 3.26. The number of aromatic amines is 1. The van der Waals surface area contributed by atoms with Gasteiger partial charge in [0.2, 0.25) is 0 Å². The number of ether oxygens (including phenoxy) is 1. The Hall–Kier alpha value is -2.36. The standard InChI is InChI=1S/C14H14FN5O3/c15-7-3-20(11-1-9(22)10(4-21)23-11)14-12(7)13(18-6-19-14)8-2-16-5-17-8/h2-3,5-6,9-11,21-22H,1,4H2,(H,16,17)/t9-,10+,11+/m0/s1. The Bertz CT molecular complexity index is 834. The molecule has 23 heavy (non-hydrogen) atoms. The van der Waals surface area contributed by atoms with E-state index < -0.39 is 24.3 Å². The SMILES string of the molecule is OC[C@H]1O[C@@H](n2cc(F)c3c(-c4cnc[nH]4)ncnc32)C[C@@H]1O. The molecule has 0 aliphatic carbocycles. The lowest BCUT2D eigenvalue weighted by Crippen LogP contribution is -2.24. The minimum atomic E-state index is -0.806. The number of hydrogen-bond acceptors (Lipinski definition) is 6. The Morgan fingerprint density at radius 2 is 2.30 bits per heavy atom. The van der Waals surface area contributed by atoms with Gasteiger partial charge in [-0.3, -0.25) is 0 Å². The first-order chi connectivity index (χ1) is 11.2. The van der Waals surface area contributed by atoms with E-state index >= 15 is 0 Å². The second-order valence-electron chi connectivity index (χ2n) is 5.39. The lowest BCUT2D eigenvalue weighted by atomic mass is 10.2. The van der Waals surface area contributed by atoms with Crippen LogP contribution in [0, 0.1) is 5.82 Å². The molecule has 1 saturated heterocycles. The van der Waals surface area contributed by atoms with E-state index in [-0.39, 0.29) is 18.4 Å². The number of aliphatic hydroxyl groups excluding tert-OH is 2. The Morgan fingerprint density at radius 3 is 3.00 bits per heavy atom. The molecule has 8 nitrogen and oxygen atoms in total. The molecule has 3 aromatic rings. The third-order valence-corrected chi connectivity index (χ3v) is 4.01. The normalized spacial score (nSPS) is 24.6. The molecule has 1 fully saturated rings. The predicted molar refractivity (Wildman–Crippen MR) is 76.7 cm³/mol. The van der Waals surface area contributed by atoms with Crippen LogP contribution in [0.1, 0.15) is 12.6 Å². The summed E-state index contributed by atoms with van der Waals surface area (Å²) >= 11 is 0. The Morgan fingerprint density at radius 1 is 1.43 bits per heavy atom. The van der Waals surface area contributed by atoms with E-state index in [0.29, 0.717) is 17.0 Å². The van der Waals surface area contributed by atoms with Crippen molar-refractivity contribution >= 4 is 11.0 Å². The molecular formula is C14H14FN5O3. The molecule has 0 unspecified atom stereocenters. The zero-order valence-corrected chi connectivity index (χ0v) is 11.9. The highest BCUT2D eigenvalue weighted by atomic mass is 19.1. The van der Waals surface area contributed by atoms with Gasteiger partial charge in [-0.25, -0.2) is 19.3 Å². The Balaban J connectivity index is 1.83. The number of fused-ring (bicyclic) bond motifs is 1. The third-order valence-electron chi connectivity index (χ3n) is 4.01. The maximum Gasteiger partial charge on any atom is 0.152 e. The van der Waals surface area contributed by atoms with Gasteiger partial charge in [0.25, 0.3) is 0 Å². The summed E-state index contributed by atoms with van der Waals surface area (Å²) in [5, 5.41) is 19.3. The summed E-state index contributed by atoms with van der Waals surface area (Å²) in [4.78, 5) is 15.1. The summed E-state index contributed by atoms with van der Waals surface area (Å²) in [6, 6.07) is 0. The highest BCUT2D eigenvalue weighted by molar-refractivity contribution is 5.90. The number of imidazole rings is 1. The van der Waals surface area contributed by atoms with Gasteiger partial charge in [-0.15, -0.1) is 0 Å². The fourth-order valence-electron chi connectivity index (χ4n) is 2.90. The third kappa shape index (κ3) is 2.21. The van der Waals surface area contributed by atoms with E-state index in [1.165, 1.54) is 23.4 Å². The maximum atomic E-state index is 14.5. The number of nitrogens with zero attached hydrogens (tertiary/aromatic N) is 4. The van der Waals surface area contributed by atoms with Crippen LogP contribution in [0.2, 0.25) is 0 Å². The molecule has 3 aromatic heterocycles. The second kappa shape index (κ2) is 5.37. The molecule has 120 valence electrons. The molecule has 0 spiro atoms. The van der Waals surface area contributed by atoms with Gasteiger partial charge in [0.15, 0.2) is 5.82 Å². The summed E-state index contributed by atoms with van der Waals surface area (Å²) in [6.45, 7) is -0.298. The van der Waals surface area contributed by atoms with Crippen LogP contribution >= 0.6 is 0 Å². The van der Waals surface area contributed by atoms with Crippen LogP contribution in [-0.2, 0) is 4.74 Å². The number of nitrogens with one attached hydrogen (secondary N) is 1. The summed E-state index contributed by atoms with van der Waals surface area (Å²) < 4.78 is 21.6. The van der Waals surface area contributed by atoms with Gasteiger partial charge in [0.1, 0.15) is 30.0 Å². The van der Waals surface area contributed by atoms with Crippen LogP contribution < -0.4 is 0 Å². The minimum absolute atomic E-state index is 0.248. The van der Waals surface area contributed by atoms with E-state index in [1.807, 2.05) is 0 Å². The van der Waals surface area contributed by atoms with Crippen molar-refractivity contribution in [2.24, 2.45) is 0 Å². The molecule has 0 saturated carbocycles. The van der Waals surface area contributed by atoms with Gasteiger partial charge in [0.05, 0.1) is 36.3 Å². The summed E-state index contributed by atoms with van der Waals surface area (Å²) in [6.07, 6.45) is 3.81. The molecule has 0 radical (unpaired) electrons. The van der Waals surface area contributed by atoms with E-state index in [0.717, 1.165) is 0 Å². The maximum absolute atomic E-state index is 14.5. The van der Waals surface area contributed by atoms with Crippen LogP contribution in [0.5, 0.6) is 0 Å². The average molecular weight is 319 g/mol. The van der Waals surface area contributed by atoms with Crippen molar-refractivity contribution < 1.29 is 19.3 Å². The van der Waals surface area contributed by atoms with E-state index in [4.69, 9.17) is 4.74 Å². The monoisotopic (exact) mass is 319 g/mol. The highest BCUT2D eigenvalue weighted by Gasteiger charge is 2.35. The van der Waals surface area contributed by atoms with Gasteiger partial charge < -0.3 is 24.5 Å². The minimum Gasteiger partial charge on any atom is -0.394 e. The summed E-state index contributed by atoms with van der Waals surface area (Å²) in [5.74, 6) is -0.490. The van der Waals surface area contributed by atoms with E-state index in [9.17, 15) is 14.6 Å². The number of aliphatic hydroxyl groups is 2. The van der Waals surface area contributed by atoms with Crippen LogP contribution in [0.15, 0.2) is 25.0 Å². The quantitative estimate of drug-likeness (QED) is 0.652. The van der Waals surface area contributed by atoms with Gasteiger partial charge in [0, 0.05) is 12.6 Å². The molecule has 3 atom stereocenters. The van der Waals surface area contributed by atoms with Crippen molar-refractivity contribution in [2.45, 2.75) is 24.9 Å². The van der Waals surface area contributed by atoms with Crippen molar-refractivity contribution in [2.75, 3.05) is 6.61 Å². The van der Waals surface area contributed by atoms with Crippen LogP contribution in [0.25, 0.3) is 22.4 Å². The number of rotatable bonds is 3. The van der Waals surface area contributed by atoms with Crippen molar-refractivity contribution in [3.8, 4) is 11.4 Å². The molecule has 0 aromatic carbocycles. The van der Waals surface area contributed by atoms with Crippen LogP contribution in [-0.4, -0.2) is 53.5 Å². The van der Waals surface area contributed by atoms with Gasteiger partial charge in [-0.05, 0) is 0 Å². The fraction of sp³-hybridized carbons (Fsp3) is 0.357. The second-order valence-corrected chi connectivity index (χ2v) is 5.39. The van der Waals surface area contributed by atoms with Crippen LogP contribution in [0.4, 0.5) is 4.39 Å². The first kappa shape index (κ1) is 14.2. The topological polar surface area (TPSA) is 109 Å². The van der Waals surface area contributed by atoms with Gasteiger partial charge >= 0.3 is 0 Å². The molecule has 0 bridgehead atoms. The van der Waals surface area contributed by atoms with Crippen molar-refractivity contribution in [3.63, 3.8) is 0 Å². The van der Waals surface area contributed by atoms with Crippen molar-refractivity contribution in [1.82, 2.24) is 24.5 Å². The molecule has 3 N–H and O–H groups in total. The molecule has 1 aliphatic heterocycles. The summed E-state index contributed by atoms with van der Waals surface area (Å²) in [5.41, 5.74) is 1.34. The number of H-pyrrole nitrogens is 1. The Kier molecular flexibility index (Phi) is 3.33. The first-order valence-electron chi connectivity index (χ1n) is 7.13. The van der Waals surface area contributed by atoms with E-state index in [1.54, 1.807) is 6.20 Å². The molecule has 0 amide bonds. The van der Waals surface area contributed by atoms with E-state index in [2.05, 4.69) is 19.9 Å². The molecule has 1 aliphatic rings. The Labute approximate surface area is 129 Å². The number of hydrogen-bond donors (Lipinski definition) is 3. The van der Waals surface area contributed by atoms with Gasteiger partial charge in [-0.2, -0.15) is 0 Å². The van der Waals surface area contributed by atoms with Crippen molar-refractivity contribution in [3.05, 3.63) is 30.9 Å². The van der Waals surface area contributed by atoms with Crippen LogP contribution in [0.3, 0.4) is 0 Å². The molecule has 4 rings (SSSR count). The number of halogens is 1. The zero-order valence-electron chi connectivity index (χ0n) is 11.9. The van der Waals surface area contributed by atoms with Crippen molar-refractivity contribution in [1.29, 1.82) is 0 Å². The molecular weight excluding hydrogens is 305 g/mol. The highest BCUT2D eigenvalue weighted by Crippen LogP contribution is 2.34. The lowest BCUT2D eigenvalue weighted by molar-refractivity contribution is -0.0431. The largest absolute Gasteiger partial charge is 0.394 e. The summed E-state index contributed by atoms with van der Waals surface area (Å²) in [7, 11) is 0. The first-order valence-corrected chi connectivity index (χ1v) is 7.13. The smallest absolute Gasteiger partial charge is 0.152 e. The molecule has 9 heteroatoms. The predicted octanol–water partition coefficient (Wildman–Crippen LogP) is 0.601. The number of aromatic nitrogens is 5. The molecule has 4 heterocycles. The fourth-order valence-corrected chi connectivity index (χ4v) is 2.90. The van der Waals surface area contributed by atoms with Gasteiger partial charge in [-0.1, -0.05) is 0 Å². The zero-order chi connectivity index (χ0) is 16.0. The lowest BCUT2D eigenvalue weighted by Gasteiger charge is -2.14.